The third-order valence-corrected chi connectivity index (χ3v) is 5.82. The van der Waals surface area contributed by atoms with Crippen molar-refractivity contribution in [3.05, 3.63) is 59.9 Å². The summed E-state index contributed by atoms with van der Waals surface area (Å²) in [7, 11) is -1.15. The molecule has 0 aliphatic heterocycles. The molecule has 1 amide bonds. The molecule has 0 radical (unpaired) electrons. The Morgan fingerprint density at radius 1 is 1.16 bits per heavy atom. The van der Waals surface area contributed by atoms with Crippen LogP contribution in [0.2, 0.25) is 25.7 Å². The quantitative estimate of drug-likeness (QED) is 0.690. The van der Waals surface area contributed by atoms with Crippen molar-refractivity contribution in [2.24, 2.45) is 0 Å². The summed E-state index contributed by atoms with van der Waals surface area (Å²) in [4.78, 5) is 16.8. The molecule has 5 nitrogen and oxygen atoms in total. The van der Waals surface area contributed by atoms with E-state index >= 15 is 0 Å². The number of pyridine rings is 1. The van der Waals surface area contributed by atoms with E-state index in [1.165, 1.54) is 5.56 Å². The van der Waals surface area contributed by atoms with Crippen LogP contribution in [0.4, 0.5) is 0 Å². The first kappa shape index (κ1) is 17.4. The molecule has 130 valence electrons. The maximum Gasteiger partial charge on any atom is 0.252 e. The van der Waals surface area contributed by atoms with Crippen LogP contribution < -0.4 is 5.32 Å². The van der Waals surface area contributed by atoms with E-state index in [1.54, 1.807) is 12.4 Å². The van der Waals surface area contributed by atoms with Crippen LogP contribution in [0.5, 0.6) is 0 Å². The molecule has 0 saturated heterocycles. The monoisotopic (exact) mass is 352 g/mol. The number of carbonyl (C=O) groups is 1. The van der Waals surface area contributed by atoms with Gasteiger partial charge in [0.1, 0.15) is 0 Å². The molecule has 2 aromatic heterocycles. The molecular formula is C19H24N4OSi. The topological polar surface area (TPSA) is 59.8 Å². The molecule has 0 aliphatic carbocycles. The highest BCUT2D eigenvalue weighted by Crippen LogP contribution is 2.15. The van der Waals surface area contributed by atoms with Crippen LogP contribution in [0.3, 0.4) is 0 Å². The van der Waals surface area contributed by atoms with Crippen LogP contribution >= 0.6 is 0 Å². The smallest absolute Gasteiger partial charge is 0.252 e. The molecule has 3 rings (SSSR count). The van der Waals surface area contributed by atoms with Crippen molar-refractivity contribution in [1.29, 1.82) is 0 Å². The number of hydrogen-bond acceptors (Lipinski definition) is 3. The zero-order valence-electron chi connectivity index (χ0n) is 15.0. The fourth-order valence-corrected chi connectivity index (χ4v) is 3.50. The standard InChI is InChI=1S/C19H24N4OSi/c1-25(2,3)10-9-20-19(24)17-11-16-13-22-23(18(16)21-12-17)14-15-7-5-4-6-8-15/h4-8,11-13H,9-10,14H2,1-3H3,(H,20,24). The Hall–Kier alpha value is -2.47. The average molecular weight is 353 g/mol. The third kappa shape index (κ3) is 4.54. The van der Waals surface area contributed by atoms with E-state index in [4.69, 9.17) is 0 Å². The lowest BCUT2D eigenvalue weighted by atomic mass is 10.2. The first-order chi connectivity index (χ1) is 11.9. The Kier molecular flexibility index (Phi) is 4.99. The van der Waals surface area contributed by atoms with Gasteiger partial charge in [-0.15, -0.1) is 0 Å². The lowest BCUT2D eigenvalue weighted by Crippen LogP contribution is -2.31. The fourth-order valence-electron chi connectivity index (χ4n) is 2.62. The highest BCUT2D eigenvalue weighted by molar-refractivity contribution is 6.76. The molecule has 2 heterocycles. The molecule has 0 saturated carbocycles. The highest BCUT2D eigenvalue weighted by Gasteiger charge is 2.14. The van der Waals surface area contributed by atoms with Crippen molar-refractivity contribution >= 4 is 25.0 Å². The van der Waals surface area contributed by atoms with Gasteiger partial charge in [-0.1, -0.05) is 50.0 Å². The van der Waals surface area contributed by atoms with Gasteiger partial charge in [0.25, 0.3) is 5.91 Å². The van der Waals surface area contributed by atoms with Crippen molar-refractivity contribution in [2.45, 2.75) is 32.2 Å². The second-order valence-corrected chi connectivity index (χ2v) is 13.1. The second kappa shape index (κ2) is 7.19. The molecule has 1 N–H and O–H groups in total. The molecule has 0 unspecified atom stereocenters. The van der Waals surface area contributed by atoms with Crippen molar-refractivity contribution in [1.82, 2.24) is 20.1 Å². The van der Waals surface area contributed by atoms with E-state index in [0.29, 0.717) is 12.1 Å². The molecule has 0 aliphatic rings. The Labute approximate surface area is 149 Å². The Morgan fingerprint density at radius 2 is 1.92 bits per heavy atom. The second-order valence-electron chi connectivity index (χ2n) is 7.49. The molecular weight excluding hydrogens is 328 g/mol. The van der Waals surface area contributed by atoms with Gasteiger partial charge in [0.2, 0.25) is 0 Å². The lowest BCUT2D eigenvalue weighted by Gasteiger charge is -2.15. The molecule has 6 heteroatoms. The summed E-state index contributed by atoms with van der Waals surface area (Å²) in [6, 6.07) is 13.1. The first-order valence-electron chi connectivity index (χ1n) is 8.56. The molecule has 0 fully saturated rings. The van der Waals surface area contributed by atoms with Gasteiger partial charge < -0.3 is 5.32 Å². The van der Waals surface area contributed by atoms with Gasteiger partial charge in [-0.05, 0) is 17.7 Å². The zero-order valence-corrected chi connectivity index (χ0v) is 16.0. The number of aromatic nitrogens is 3. The minimum absolute atomic E-state index is 0.0662. The van der Waals surface area contributed by atoms with Gasteiger partial charge in [0.15, 0.2) is 5.65 Å². The minimum atomic E-state index is -1.15. The molecule has 0 spiro atoms. The predicted octanol–water partition coefficient (Wildman–Crippen LogP) is 3.55. The zero-order chi connectivity index (χ0) is 17.9. The summed E-state index contributed by atoms with van der Waals surface area (Å²) in [6.45, 7) is 8.29. The minimum Gasteiger partial charge on any atom is -0.352 e. The summed E-state index contributed by atoms with van der Waals surface area (Å²) in [6.07, 6.45) is 3.40. The maximum absolute atomic E-state index is 12.3. The summed E-state index contributed by atoms with van der Waals surface area (Å²) < 4.78 is 1.86. The summed E-state index contributed by atoms with van der Waals surface area (Å²) in [5.74, 6) is -0.0662. The molecule has 0 bridgehead atoms. The van der Waals surface area contributed by atoms with Crippen LogP contribution in [-0.2, 0) is 6.54 Å². The number of rotatable bonds is 6. The van der Waals surface area contributed by atoms with E-state index in [0.717, 1.165) is 23.6 Å². The van der Waals surface area contributed by atoms with E-state index in [9.17, 15) is 4.79 Å². The SMILES string of the molecule is C[Si](C)(C)CCNC(=O)c1cnc2c(cnn2Cc2ccccc2)c1. The predicted molar refractivity (Wildman–Crippen MR) is 104 cm³/mol. The van der Waals surface area contributed by atoms with E-state index in [1.807, 2.05) is 28.9 Å². The average Bonchev–Trinajstić information content (AvgIpc) is 2.97. The largest absolute Gasteiger partial charge is 0.352 e. The number of nitrogens with zero attached hydrogens (tertiary/aromatic N) is 3. The van der Waals surface area contributed by atoms with Crippen LogP contribution in [0.15, 0.2) is 48.8 Å². The fraction of sp³-hybridized carbons (Fsp3) is 0.316. The number of nitrogens with one attached hydrogen (secondary N) is 1. The van der Waals surface area contributed by atoms with E-state index in [-0.39, 0.29) is 5.91 Å². The third-order valence-electron chi connectivity index (χ3n) is 4.07. The van der Waals surface area contributed by atoms with Gasteiger partial charge in [-0.2, -0.15) is 5.10 Å². The number of fused-ring (bicyclic) bond motifs is 1. The number of benzene rings is 1. The first-order valence-corrected chi connectivity index (χ1v) is 12.3. The van der Waals surface area contributed by atoms with Gasteiger partial charge >= 0.3 is 0 Å². The number of amides is 1. The van der Waals surface area contributed by atoms with Gasteiger partial charge in [-0.3, -0.25) is 4.79 Å². The summed E-state index contributed by atoms with van der Waals surface area (Å²) >= 11 is 0. The van der Waals surface area contributed by atoms with E-state index in [2.05, 4.69) is 47.2 Å². The summed E-state index contributed by atoms with van der Waals surface area (Å²) in [5, 5.41) is 8.29. The van der Waals surface area contributed by atoms with Gasteiger partial charge in [0, 0.05) is 26.2 Å². The lowest BCUT2D eigenvalue weighted by molar-refractivity contribution is 0.0955. The van der Waals surface area contributed by atoms with Crippen LogP contribution in [0.25, 0.3) is 11.0 Å². The number of carbonyl (C=O) groups excluding carboxylic acids is 1. The maximum atomic E-state index is 12.3. The molecule has 25 heavy (non-hydrogen) atoms. The Bertz CT molecular complexity index is 868. The molecule has 3 aromatic rings. The Morgan fingerprint density at radius 3 is 2.64 bits per heavy atom. The van der Waals surface area contributed by atoms with Crippen molar-refractivity contribution in [3.63, 3.8) is 0 Å². The van der Waals surface area contributed by atoms with Crippen molar-refractivity contribution in [2.75, 3.05) is 6.54 Å². The van der Waals surface area contributed by atoms with Crippen molar-refractivity contribution < 1.29 is 4.79 Å². The van der Waals surface area contributed by atoms with E-state index < -0.39 is 8.07 Å². The van der Waals surface area contributed by atoms with Gasteiger partial charge in [-0.25, -0.2) is 9.67 Å². The highest BCUT2D eigenvalue weighted by atomic mass is 28.3. The van der Waals surface area contributed by atoms with Crippen LogP contribution in [-0.4, -0.2) is 35.3 Å². The van der Waals surface area contributed by atoms with Gasteiger partial charge in [0.05, 0.1) is 18.3 Å². The van der Waals surface area contributed by atoms with Crippen molar-refractivity contribution in [3.8, 4) is 0 Å². The van der Waals surface area contributed by atoms with Crippen LogP contribution in [0.1, 0.15) is 15.9 Å². The normalized spacial score (nSPS) is 11.6. The van der Waals surface area contributed by atoms with Crippen LogP contribution in [0, 0.1) is 0 Å². The number of hydrogen-bond donors (Lipinski definition) is 1. The summed E-state index contributed by atoms with van der Waals surface area (Å²) in [5.41, 5.74) is 2.55. The molecule has 0 atom stereocenters. The Balaban J connectivity index is 1.72. The molecule has 1 aromatic carbocycles.